The minimum atomic E-state index is -0.617. The van der Waals surface area contributed by atoms with E-state index >= 15 is 0 Å². The number of aromatic amines is 1. The van der Waals surface area contributed by atoms with Crippen LogP contribution in [0.25, 0.3) is 0 Å². The number of halogens is 1. The largest absolute Gasteiger partial charge is 0.465 e. The van der Waals surface area contributed by atoms with E-state index in [1.165, 1.54) is 17.9 Å². The number of nitrogens with one attached hydrogen (secondary N) is 1. The molecule has 0 amide bonds. The molecule has 0 fully saturated rings. The van der Waals surface area contributed by atoms with Crippen LogP contribution in [0.2, 0.25) is 5.02 Å². The van der Waals surface area contributed by atoms with Gasteiger partial charge in [0.1, 0.15) is 5.02 Å². The quantitative estimate of drug-likeness (QED) is 0.857. The Morgan fingerprint density at radius 1 is 1.30 bits per heavy atom. The Labute approximate surface area is 118 Å². The molecule has 20 heavy (non-hydrogen) atoms. The zero-order valence-electron chi connectivity index (χ0n) is 10.6. The van der Waals surface area contributed by atoms with Crippen molar-refractivity contribution < 1.29 is 9.53 Å². The summed E-state index contributed by atoms with van der Waals surface area (Å²) >= 11 is 5.67. The fraction of sp³-hybridized carbons (Fsp3) is 0.154. The standard InChI is InChI=1S/C13H11ClN2O4/c1-20-12(18)9-4-2-8(3-5-9)6-16-7-10(14)11(17)15-13(16)19/h2-5,7H,6H2,1H3,(H,15,17,19). The first-order valence-corrected chi connectivity index (χ1v) is 6.05. The summed E-state index contributed by atoms with van der Waals surface area (Å²) < 4.78 is 5.87. The molecule has 0 saturated heterocycles. The average molecular weight is 295 g/mol. The van der Waals surface area contributed by atoms with Crippen molar-refractivity contribution in [2.45, 2.75) is 6.54 Å². The first kappa shape index (κ1) is 14.1. The van der Waals surface area contributed by atoms with Gasteiger partial charge in [0.15, 0.2) is 0 Å². The average Bonchev–Trinajstić information content (AvgIpc) is 2.44. The minimum Gasteiger partial charge on any atom is -0.465 e. The maximum absolute atomic E-state index is 11.6. The van der Waals surface area contributed by atoms with E-state index < -0.39 is 17.2 Å². The van der Waals surface area contributed by atoms with E-state index in [1.807, 2.05) is 0 Å². The van der Waals surface area contributed by atoms with Crippen molar-refractivity contribution in [2.24, 2.45) is 0 Å². The number of methoxy groups -OCH3 is 1. The normalized spacial score (nSPS) is 10.3. The van der Waals surface area contributed by atoms with Crippen molar-refractivity contribution in [1.29, 1.82) is 0 Å². The molecule has 0 saturated carbocycles. The Kier molecular flexibility index (Phi) is 4.05. The van der Waals surface area contributed by atoms with Crippen molar-refractivity contribution in [1.82, 2.24) is 9.55 Å². The molecule has 0 unspecified atom stereocenters. The molecule has 0 aliphatic carbocycles. The van der Waals surface area contributed by atoms with Crippen LogP contribution >= 0.6 is 11.6 Å². The summed E-state index contributed by atoms with van der Waals surface area (Å²) in [6.07, 6.45) is 1.27. The van der Waals surface area contributed by atoms with Crippen LogP contribution < -0.4 is 11.2 Å². The van der Waals surface area contributed by atoms with Crippen LogP contribution in [0.4, 0.5) is 0 Å². The lowest BCUT2D eigenvalue weighted by molar-refractivity contribution is 0.0600. The second-order valence-corrected chi connectivity index (χ2v) is 4.46. The predicted octanol–water partition coefficient (Wildman–Crippen LogP) is 1.02. The third kappa shape index (κ3) is 2.97. The molecule has 0 spiro atoms. The van der Waals surface area contributed by atoms with E-state index in [2.05, 4.69) is 9.72 Å². The van der Waals surface area contributed by atoms with Gasteiger partial charge in [0.05, 0.1) is 19.2 Å². The number of H-pyrrole nitrogens is 1. The van der Waals surface area contributed by atoms with Gasteiger partial charge in [-0.05, 0) is 17.7 Å². The van der Waals surface area contributed by atoms with Gasteiger partial charge in [0, 0.05) is 6.20 Å². The maximum Gasteiger partial charge on any atom is 0.337 e. The van der Waals surface area contributed by atoms with Crippen molar-refractivity contribution in [3.8, 4) is 0 Å². The number of ether oxygens (including phenoxy) is 1. The summed E-state index contributed by atoms with van der Waals surface area (Å²) in [6, 6.07) is 6.58. The molecule has 6 nitrogen and oxygen atoms in total. The Bertz CT molecular complexity index is 746. The summed E-state index contributed by atoms with van der Waals surface area (Å²) in [6.45, 7) is 0.233. The third-order valence-electron chi connectivity index (χ3n) is 2.70. The van der Waals surface area contributed by atoms with Crippen molar-refractivity contribution in [3.05, 3.63) is 67.4 Å². The Morgan fingerprint density at radius 3 is 2.55 bits per heavy atom. The van der Waals surface area contributed by atoms with Gasteiger partial charge in [-0.2, -0.15) is 0 Å². The first-order valence-electron chi connectivity index (χ1n) is 5.68. The Morgan fingerprint density at radius 2 is 1.95 bits per heavy atom. The predicted molar refractivity (Wildman–Crippen MR) is 73.2 cm³/mol. The molecule has 2 rings (SSSR count). The number of rotatable bonds is 3. The summed E-state index contributed by atoms with van der Waals surface area (Å²) in [4.78, 5) is 36.1. The lowest BCUT2D eigenvalue weighted by atomic mass is 10.1. The number of aromatic nitrogens is 2. The number of benzene rings is 1. The Hall–Kier alpha value is -2.34. The maximum atomic E-state index is 11.6. The first-order chi connectivity index (χ1) is 9.51. The van der Waals surface area contributed by atoms with Crippen molar-refractivity contribution in [3.63, 3.8) is 0 Å². The molecule has 1 aromatic carbocycles. The van der Waals surface area contributed by atoms with Gasteiger partial charge >= 0.3 is 11.7 Å². The van der Waals surface area contributed by atoms with E-state index in [0.717, 1.165) is 5.56 Å². The number of hydrogen-bond acceptors (Lipinski definition) is 4. The molecule has 0 atom stereocenters. The molecule has 0 aliphatic heterocycles. The highest BCUT2D eigenvalue weighted by Gasteiger charge is 2.06. The molecule has 0 bridgehead atoms. The zero-order chi connectivity index (χ0) is 14.7. The van der Waals surface area contributed by atoms with Crippen LogP contribution in [0, 0.1) is 0 Å². The van der Waals surface area contributed by atoms with Gasteiger partial charge < -0.3 is 4.74 Å². The van der Waals surface area contributed by atoms with Crippen LogP contribution in [0.15, 0.2) is 40.1 Å². The molecular formula is C13H11ClN2O4. The topological polar surface area (TPSA) is 81.2 Å². The lowest BCUT2D eigenvalue weighted by Crippen LogP contribution is -2.29. The molecule has 0 radical (unpaired) electrons. The smallest absolute Gasteiger partial charge is 0.337 e. The van der Waals surface area contributed by atoms with Crippen LogP contribution in [0.5, 0.6) is 0 Å². The number of nitrogens with zero attached hydrogens (tertiary/aromatic N) is 1. The molecule has 1 N–H and O–H groups in total. The molecule has 2 aromatic rings. The summed E-state index contributed by atoms with van der Waals surface area (Å²) in [5.74, 6) is -0.430. The highest BCUT2D eigenvalue weighted by molar-refractivity contribution is 6.30. The fourth-order valence-electron chi connectivity index (χ4n) is 1.66. The monoisotopic (exact) mass is 294 g/mol. The third-order valence-corrected chi connectivity index (χ3v) is 2.96. The zero-order valence-corrected chi connectivity index (χ0v) is 11.3. The number of hydrogen-bond donors (Lipinski definition) is 1. The highest BCUT2D eigenvalue weighted by atomic mass is 35.5. The van der Waals surface area contributed by atoms with Gasteiger partial charge in [-0.3, -0.25) is 14.3 Å². The van der Waals surface area contributed by atoms with Gasteiger partial charge in [0.2, 0.25) is 0 Å². The van der Waals surface area contributed by atoms with E-state index in [-0.39, 0.29) is 11.6 Å². The van der Waals surface area contributed by atoms with Crippen LogP contribution in [0.1, 0.15) is 15.9 Å². The summed E-state index contributed by atoms with van der Waals surface area (Å²) in [5.41, 5.74) is 0.0383. The van der Waals surface area contributed by atoms with Crippen molar-refractivity contribution >= 4 is 17.6 Å². The minimum absolute atomic E-state index is 0.0595. The molecule has 1 aromatic heterocycles. The Balaban J connectivity index is 2.27. The molecule has 104 valence electrons. The van der Waals surface area contributed by atoms with Gasteiger partial charge in [-0.15, -0.1) is 0 Å². The SMILES string of the molecule is COC(=O)c1ccc(Cn2cc(Cl)c(=O)[nH]c2=O)cc1. The molecular weight excluding hydrogens is 284 g/mol. The van der Waals surface area contributed by atoms with Crippen LogP contribution in [0.3, 0.4) is 0 Å². The van der Waals surface area contributed by atoms with E-state index in [1.54, 1.807) is 24.3 Å². The van der Waals surface area contributed by atoms with Crippen LogP contribution in [-0.2, 0) is 11.3 Å². The lowest BCUT2D eigenvalue weighted by Gasteiger charge is -2.06. The van der Waals surface area contributed by atoms with E-state index in [4.69, 9.17) is 11.6 Å². The number of esters is 1. The second-order valence-electron chi connectivity index (χ2n) is 4.05. The van der Waals surface area contributed by atoms with Crippen molar-refractivity contribution in [2.75, 3.05) is 7.11 Å². The summed E-state index contributed by atoms with van der Waals surface area (Å²) in [7, 11) is 1.30. The van der Waals surface area contributed by atoms with Gasteiger partial charge in [-0.25, -0.2) is 9.59 Å². The molecule has 1 heterocycles. The highest BCUT2D eigenvalue weighted by Crippen LogP contribution is 2.07. The second kappa shape index (κ2) is 5.75. The molecule has 7 heteroatoms. The van der Waals surface area contributed by atoms with Crippen LogP contribution in [-0.4, -0.2) is 22.6 Å². The van der Waals surface area contributed by atoms with Gasteiger partial charge in [-0.1, -0.05) is 23.7 Å². The van der Waals surface area contributed by atoms with E-state index in [0.29, 0.717) is 5.56 Å². The summed E-state index contributed by atoms with van der Waals surface area (Å²) in [5, 5.41) is -0.0595. The van der Waals surface area contributed by atoms with Gasteiger partial charge in [0.25, 0.3) is 5.56 Å². The number of carbonyl (C=O) groups is 1. The fourth-order valence-corrected chi connectivity index (χ4v) is 1.83. The van der Waals surface area contributed by atoms with E-state index in [9.17, 15) is 14.4 Å². The molecule has 0 aliphatic rings. The number of carbonyl (C=O) groups excluding carboxylic acids is 1.